The third kappa shape index (κ3) is 3.78. The molecule has 1 unspecified atom stereocenters. The predicted molar refractivity (Wildman–Crippen MR) is 69.3 cm³/mol. The number of nitrogens with two attached hydrogens (primary N) is 2. The van der Waals surface area contributed by atoms with Crippen LogP contribution in [-0.4, -0.2) is 17.9 Å². The van der Waals surface area contributed by atoms with E-state index >= 15 is 0 Å². The van der Waals surface area contributed by atoms with E-state index < -0.39 is 23.7 Å². The number of hydrogen-bond donors (Lipinski definition) is 3. The van der Waals surface area contributed by atoms with Gasteiger partial charge in [-0.15, -0.1) is 0 Å². The molecule has 0 heterocycles. The van der Waals surface area contributed by atoms with E-state index in [9.17, 15) is 14.0 Å². The zero-order valence-corrected chi connectivity index (χ0v) is 11.3. The number of carbonyl (C=O) groups excluding carboxylic acids is 2. The van der Waals surface area contributed by atoms with Crippen molar-refractivity contribution in [3.8, 4) is 0 Å². The molecule has 7 heteroatoms. The summed E-state index contributed by atoms with van der Waals surface area (Å²) in [6.07, 6.45) is -0.260. The summed E-state index contributed by atoms with van der Waals surface area (Å²) in [5.74, 6) is -1.76. The number of amides is 2. The van der Waals surface area contributed by atoms with Crippen molar-refractivity contribution in [1.29, 1.82) is 0 Å². The third-order valence-electron chi connectivity index (χ3n) is 2.28. The maximum absolute atomic E-state index is 13.3. The molecule has 0 bridgehead atoms. The van der Waals surface area contributed by atoms with E-state index in [4.69, 9.17) is 11.5 Å². The van der Waals surface area contributed by atoms with Crippen LogP contribution in [0.15, 0.2) is 16.6 Å². The molecule has 1 aromatic carbocycles. The SMILES string of the molecule is Cc1cc(Br)c(F)cc1NC(=O)C(N)CC(N)=O. The molecule has 2 amide bonds. The largest absolute Gasteiger partial charge is 0.370 e. The van der Waals surface area contributed by atoms with Gasteiger partial charge in [0.25, 0.3) is 0 Å². The monoisotopic (exact) mass is 317 g/mol. The van der Waals surface area contributed by atoms with Gasteiger partial charge in [0.1, 0.15) is 5.82 Å². The Morgan fingerprint density at radius 2 is 2.11 bits per heavy atom. The fourth-order valence-electron chi connectivity index (χ4n) is 1.32. The van der Waals surface area contributed by atoms with Gasteiger partial charge in [-0.25, -0.2) is 4.39 Å². The molecule has 0 spiro atoms. The summed E-state index contributed by atoms with van der Waals surface area (Å²) in [6, 6.07) is 1.66. The first-order chi connectivity index (χ1) is 8.31. The van der Waals surface area contributed by atoms with E-state index in [1.54, 1.807) is 6.92 Å². The van der Waals surface area contributed by atoms with Crippen molar-refractivity contribution in [3.05, 3.63) is 28.0 Å². The number of carbonyl (C=O) groups is 2. The average molecular weight is 318 g/mol. The molecule has 0 aliphatic carbocycles. The minimum Gasteiger partial charge on any atom is -0.370 e. The molecule has 18 heavy (non-hydrogen) atoms. The number of primary amides is 1. The standard InChI is InChI=1S/C11H13BrFN3O2/c1-5-2-6(12)7(13)3-9(5)16-11(18)8(14)4-10(15)17/h2-3,8H,4,14H2,1H3,(H2,15,17)(H,16,18). The van der Waals surface area contributed by atoms with E-state index in [2.05, 4.69) is 21.2 Å². The lowest BCUT2D eigenvalue weighted by Gasteiger charge is -2.13. The molecule has 0 saturated carbocycles. The highest BCUT2D eigenvalue weighted by molar-refractivity contribution is 9.10. The van der Waals surface area contributed by atoms with Crippen molar-refractivity contribution < 1.29 is 14.0 Å². The number of hydrogen-bond acceptors (Lipinski definition) is 3. The molecule has 0 aliphatic rings. The van der Waals surface area contributed by atoms with Crippen molar-refractivity contribution in [3.63, 3.8) is 0 Å². The van der Waals surface area contributed by atoms with Crippen LogP contribution < -0.4 is 16.8 Å². The fourth-order valence-corrected chi connectivity index (χ4v) is 1.77. The summed E-state index contributed by atoms with van der Waals surface area (Å²) in [7, 11) is 0. The molecule has 5 N–H and O–H groups in total. The predicted octanol–water partition coefficient (Wildman–Crippen LogP) is 1.04. The van der Waals surface area contributed by atoms with Gasteiger partial charge in [-0.2, -0.15) is 0 Å². The van der Waals surface area contributed by atoms with Crippen LogP contribution in [0.5, 0.6) is 0 Å². The Morgan fingerprint density at radius 1 is 1.50 bits per heavy atom. The van der Waals surface area contributed by atoms with E-state index in [0.717, 1.165) is 0 Å². The first-order valence-electron chi connectivity index (χ1n) is 5.11. The lowest BCUT2D eigenvalue weighted by Crippen LogP contribution is -2.39. The van der Waals surface area contributed by atoms with Crippen LogP contribution in [0.25, 0.3) is 0 Å². The summed E-state index contributed by atoms with van der Waals surface area (Å²) >= 11 is 3.03. The Morgan fingerprint density at radius 3 is 2.67 bits per heavy atom. The number of halogens is 2. The summed E-state index contributed by atoms with van der Waals surface area (Å²) in [5, 5.41) is 2.45. The Balaban J connectivity index is 2.82. The molecule has 0 aromatic heterocycles. The van der Waals surface area contributed by atoms with Crippen LogP contribution in [0.3, 0.4) is 0 Å². The second kappa shape index (κ2) is 5.92. The minimum atomic E-state index is -1.05. The normalized spacial score (nSPS) is 12.0. The summed E-state index contributed by atoms with van der Waals surface area (Å²) < 4.78 is 13.6. The van der Waals surface area contributed by atoms with Crippen molar-refractivity contribution >= 4 is 33.4 Å². The molecule has 0 aliphatic heterocycles. The lowest BCUT2D eigenvalue weighted by molar-refractivity contribution is -0.123. The molecule has 1 rings (SSSR count). The van der Waals surface area contributed by atoms with Gasteiger partial charge in [0.2, 0.25) is 11.8 Å². The number of aryl methyl sites for hydroxylation is 1. The van der Waals surface area contributed by atoms with Crippen LogP contribution in [0.4, 0.5) is 10.1 Å². The van der Waals surface area contributed by atoms with Crippen LogP contribution in [0.1, 0.15) is 12.0 Å². The summed E-state index contributed by atoms with van der Waals surface area (Å²) in [5.41, 5.74) is 11.4. The molecular weight excluding hydrogens is 305 g/mol. The van der Waals surface area contributed by atoms with Gasteiger partial charge in [0, 0.05) is 5.69 Å². The van der Waals surface area contributed by atoms with Gasteiger partial charge in [0.05, 0.1) is 16.9 Å². The number of anilines is 1. The van der Waals surface area contributed by atoms with Gasteiger partial charge in [-0.1, -0.05) is 0 Å². The molecule has 98 valence electrons. The van der Waals surface area contributed by atoms with Crippen molar-refractivity contribution in [2.45, 2.75) is 19.4 Å². The highest BCUT2D eigenvalue weighted by atomic mass is 79.9. The second-order valence-corrected chi connectivity index (χ2v) is 4.70. The summed E-state index contributed by atoms with van der Waals surface area (Å²) in [6.45, 7) is 1.71. The molecule has 5 nitrogen and oxygen atoms in total. The second-order valence-electron chi connectivity index (χ2n) is 3.85. The van der Waals surface area contributed by atoms with E-state index in [-0.39, 0.29) is 6.42 Å². The fraction of sp³-hybridized carbons (Fsp3) is 0.273. The van der Waals surface area contributed by atoms with Gasteiger partial charge in [0.15, 0.2) is 0 Å². The topological polar surface area (TPSA) is 98.2 Å². The minimum absolute atomic E-state index is 0.260. The maximum atomic E-state index is 13.3. The Bertz CT molecular complexity index is 493. The highest BCUT2D eigenvalue weighted by Crippen LogP contribution is 2.24. The van der Waals surface area contributed by atoms with E-state index in [1.165, 1.54) is 12.1 Å². The van der Waals surface area contributed by atoms with Crippen molar-refractivity contribution in [1.82, 2.24) is 0 Å². The molecule has 0 radical (unpaired) electrons. The Kier molecular flexibility index (Phi) is 4.80. The number of benzene rings is 1. The van der Waals surface area contributed by atoms with Gasteiger partial charge < -0.3 is 16.8 Å². The molecule has 0 fully saturated rings. The highest BCUT2D eigenvalue weighted by Gasteiger charge is 2.17. The first-order valence-corrected chi connectivity index (χ1v) is 5.91. The van der Waals surface area contributed by atoms with Crippen LogP contribution >= 0.6 is 15.9 Å². The maximum Gasteiger partial charge on any atom is 0.241 e. The van der Waals surface area contributed by atoms with Crippen molar-refractivity contribution in [2.24, 2.45) is 11.5 Å². The smallest absolute Gasteiger partial charge is 0.241 e. The molecule has 1 atom stereocenters. The first kappa shape index (κ1) is 14.6. The lowest BCUT2D eigenvalue weighted by atomic mass is 10.1. The van der Waals surface area contributed by atoms with Crippen LogP contribution in [0.2, 0.25) is 0 Å². The van der Waals surface area contributed by atoms with Gasteiger partial charge in [-0.3, -0.25) is 9.59 Å². The average Bonchev–Trinajstić information content (AvgIpc) is 2.24. The van der Waals surface area contributed by atoms with E-state index in [1.807, 2.05) is 0 Å². The van der Waals surface area contributed by atoms with Crippen LogP contribution in [-0.2, 0) is 9.59 Å². The van der Waals surface area contributed by atoms with Gasteiger partial charge >= 0.3 is 0 Å². The zero-order valence-electron chi connectivity index (χ0n) is 9.67. The molecule has 0 saturated heterocycles. The number of nitrogens with one attached hydrogen (secondary N) is 1. The Labute approximate surface area is 112 Å². The van der Waals surface area contributed by atoms with Crippen molar-refractivity contribution in [2.75, 3.05) is 5.32 Å². The van der Waals surface area contributed by atoms with Crippen LogP contribution in [0, 0.1) is 12.7 Å². The molecule has 1 aromatic rings. The Hall–Kier alpha value is -1.47. The number of rotatable bonds is 4. The van der Waals surface area contributed by atoms with Gasteiger partial charge in [-0.05, 0) is 40.5 Å². The third-order valence-corrected chi connectivity index (χ3v) is 2.89. The quantitative estimate of drug-likeness (QED) is 0.773. The van der Waals surface area contributed by atoms with E-state index in [0.29, 0.717) is 15.7 Å². The molecular formula is C11H13BrFN3O2. The zero-order chi connectivity index (χ0) is 13.9. The summed E-state index contributed by atoms with van der Waals surface area (Å²) in [4.78, 5) is 22.2.